The van der Waals surface area contributed by atoms with E-state index in [1.807, 2.05) is 25.4 Å². The largest absolute Gasteiger partial charge is 0.314 e. The van der Waals surface area contributed by atoms with E-state index in [-0.39, 0.29) is 5.82 Å². The van der Waals surface area contributed by atoms with Crippen molar-refractivity contribution in [1.82, 2.24) is 10.3 Å². The fourth-order valence-corrected chi connectivity index (χ4v) is 2.61. The molecule has 112 valence electrons. The van der Waals surface area contributed by atoms with Crippen LogP contribution in [0.3, 0.4) is 0 Å². The van der Waals surface area contributed by atoms with E-state index in [0.29, 0.717) is 6.04 Å². The summed E-state index contributed by atoms with van der Waals surface area (Å²) in [5.74, 6) is -0.159. The minimum atomic E-state index is -0.159. The minimum Gasteiger partial charge on any atom is -0.314 e. The summed E-state index contributed by atoms with van der Waals surface area (Å²) in [4.78, 5) is 4.05. The van der Waals surface area contributed by atoms with Crippen LogP contribution >= 0.6 is 0 Å². The number of benzene rings is 1. The van der Waals surface area contributed by atoms with Gasteiger partial charge in [0.15, 0.2) is 0 Å². The molecular formula is C18H23FN2. The summed E-state index contributed by atoms with van der Waals surface area (Å²) in [6.07, 6.45) is 6.70. The van der Waals surface area contributed by atoms with Gasteiger partial charge in [-0.05, 0) is 73.7 Å². The Morgan fingerprint density at radius 1 is 1.19 bits per heavy atom. The Bertz CT molecular complexity index is 554. The van der Waals surface area contributed by atoms with Crippen molar-refractivity contribution in [3.8, 4) is 0 Å². The number of rotatable bonds is 7. The molecule has 2 aromatic rings. The number of aryl methyl sites for hydroxylation is 2. The van der Waals surface area contributed by atoms with Crippen LogP contribution in [0.25, 0.3) is 0 Å². The van der Waals surface area contributed by atoms with Crippen molar-refractivity contribution in [1.29, 1.82) is 0 Å². The molecule has 1 aromatic heterocycles. The first-order valence-electron chi connectivity index (χ1n) is 7.56. The fraction of sp³-hybridized carbons (Fsp3) is 0.389. The molecule has 2 rings (SSSR count). The molecule has 0 aliphatic carbocycles. The number of hydrogen-bond acceptors (Lipinski definition) is 2. The van der Waals surface area contributed by atoms with Crippen molar-refractivity contribution < 1.29 is 4.39 Å². The molecule has 0 amide bonds. The number of halogens is 1. The van der Waals surface area contributed by atoms with Crippen molar-refractivity contribution in [3.05, 3.63) is 65.2 Å². The summed E-state index contributed by atoms with van der Waals surface area (Å²) in [6, 6.07) is 9.60. The number of aromatic nitrogens is 1. The summed E-state index contributed by atoms with van der Waals surface area (Å²) in [5, 5.41) is 3.53. The summed E-state index contributed by atoms with van der Waals surface area (Å²) in [5.41, 5.74) is 3.56. The maximum absolute atomic E-state index is 13.2. The standard InChI is InChI=1S/C18H23FN2/c1-3-21-18(7-4-15-8-10-20-11-9-15)13-16-5-6-17(19)12-14(16)2/h5-6,8-12,18,21H,3-4,7,13H2,1-2H3. The van der Waals surface area contributed by atoms with E-state index < -0.39 is 0 Å². The highest BCUT2D eigenvalue weighted by molar-refractivity contribution is 5.27. The molecule has 1 aromatic carbocycles. The van der Waals surface area contributed by atoms with Crippen LogP contribution < -0.4 is 5.32 Å². The van der Waals surface area contributed by atoms with Crippen LogP contribution in [0.4, 0.5) is 4.39 Å². The van der Waals surface area contributed by atoms with Gasteiger partial charge in [0.1, 0.15) is 5.82 Å². The predicted octanol–water partition coefficient (Wildman–Crippen LogP) is 3.68. The SMILES string of the molecule is CCNC(CCc1ccncc1)Cc1ccc(F)cc1C. The minimum absolute atomic E-state index is 0.159. The van der Waals surface area contributed by atoms with Gasteiger partial charge >= 0.3 is 0 Å². The second-order valence-electron chi connectivity index (χ2n) is 5.42. The predicted molar refractivity (Wildman–Crippen MR) is 84.9 cm³/mol. The Kier molecular flexibility index (Phi) is 5.88. The van der Waals surface area contributed by atoms with E-state index in [0.717, 1.165) is 31.4 Å². The lowest BCUT2D eigenvalue weighted by Gasteiger charge is -2.19. The zero-order valence-corrected chi connectivity index (χ0v) is 12.8. The summed E-state index contributed by atoms with van der Waals surface area (Å²) < 4.78 is 13.2. The Balaban J connectivity index is 1.98. The second-order valence-corrected chi connectivity index (χ2v) is 5.42. The average molecular weight is 286 g/mol. The molecule has 21 heavy (non-hydrogen) atoms. The number of hydrogen-bond donors (Lipinski definition) is 1. The average Bonchev–Trinajstić information content (AvgIpc) is 2.49. The lowest BCUT2D eigenvalue weighted by atomic mass is 9.96. The van der Waals surface area contributed by atoms with Crippen molar-refractivity contribution in [2.24, 2.45) is 0 Å². The number of pyridine rings is 1. The topological polar surface area (TPSA) is 24.9 Å². The first-order chi connectivity index (χ1) is 10.2. The molecule has 0 fully saturated rings. The van der Waals surface area contributed by atoms with E-state index >= 15 is 0 Å². The van der Waals surface area contributed by atoms with E-state index in [1.54, 1.807) is 12.1 Å². The number of likely N-dealkylation sites (N-methyl/N-ethyl adjacent to an activating group) is 1. The Morgan fingerprint density at radius 3 is 2.62 bits per heavy atom. The molecular weight excluding hydrogens is 263 g/mol. The molecule has 3 heteroatoms. The third-order valence-corrected chi connectivity index (χ3v) is 3.79. The van der Waals surface area contributed by atoms with Gasteiger partial charge in [0, 0.05) is 18.4 Å². The number of nitrogens with one attached hydrogen (secondary N) is 1. The van der Waals surface area contributed by atoms with Gasteiger partial charge in [-0.15, -0.1) is 0 Å². The van der Waals surface area contributed by atoms with Crippen LogP contribution in [-0.4, -0.2) is 17.6 Å². The normalized spacial score (nSPS) is 12.3. The van der Waals surface area contributed by atoms with Crippen molar-refractivity contribution >= 4 is 0 Å². The summed E-state index contributed by atoms with van der Waals surface area (Å²) in [7, 11) is 0. The molecule has 1 unspecified atom stereocenters. The van der Waals surface area contributed by atoms with E-state index in [2.05, 4.69) is 29.4 Å². The van der Waals surface area contributed by atoms with Gasteiger partial charge in [0.05, 0.1) is 0 Å². The first-order valence-corrected chi connectivity index (χ1v) is 7.56. The fourth-order valence-electron chi connectivity index (χ4n) is 2.61. The monoisotopic (exact) mass is 286 g/mol. The Hall–Kier alpha value is -1.74. The lowest BCUT2D eigenvalue weighted by molar-refractivity contribution is 0.489. The molecule has 1 N–H and O–H groups in total. The van der Waals surface area contributed by atoms with Crippen molar-refractivity contribution in [2.75, 3.05) is 6.54 Å². The Morgan fingerprint density at radius 2 is 1.95 bits per heavy atom. The summed E-state index contributed by atoms with van der Waals surface area (Å²) in [6.45, 7) is 5.04. The smallest absolute Gasteiger partial charge is 0.123 e. The van der Waals surface area contributed by atoms with Crippen LogP contribution in [0.2, 0.25) is 0 Å². The molecule has 0 radical (unpaired) electrons. The van der Waals surface area contributed by atoms with Crippen LogP contribution in [0, 0.1) is 12.7 Å². The molecule has 0 saturated heterocycles. The highest BCUT2D eigenvalue weighted by atomic mass is 19.1. The quantitative estimate of drug-likeness (QED) is 0.840. The van der Waals surface area contributed by atoms with Gasteiger partial charge in [-0.25, -0.2) is 4.39 Å². The van der Waals surface area contributed by atoms with Gasteiger partial charge in [-0.2, -0.15) is 0 Å². The maximum atomic E-state index is 13.2. The van der Waals surface area contributed by atoms with Crippen LogP contribution in [-0.2, 0) is 12.8 Å². The number of nitrogens with zero attached hydrogens (tertiary/aromatic N) is 1. The Labute approximate surface area is 126 Å². The molecule has 1 heterocycles. The summed E-state index contributed by atoms with van der Waals surface area (Å²) >= 11 is 0. The van der Waals surface area contributed by atoms with Gasteiger partial charge in [-0.3, -0.25) is 4.98 Å². The maximum Gasteiger partial charge on any atom is 0.123 e. The lowest BCUT2D eigenvalue weighted by Crippen LogP contribution is -2.31. The molecule has 0 spiro atoms. The van der Waals surface area contributed by atoms with Crippen LogP contribution in [0.15, 0.2) is 42.7 Å². The van der Waals surface area contributed by atoms with E-state index in [4.69, 9.17) is 0 Å². The highest BCUT2D eigenvalue weighted by Gasteiger charge is 2.11. The first kappa shape index (κ1) is 15.6. The third kappa shape index (κ3) is 4.94. The van der Waals surface area contributed by atoms with Gasteiger partial charge in [0.2, 0.25) is 0 Å². The molecule has 0 aliphatic rings. The highest BCUT2D eigenvalue weighted by Crippen LogP contribution is 2.15. The molecule has 0 aliphatic heterocycles. The van der Waals surface area contributed by atoms with Crippen LogP contribution in [0.1, 0.15) is 30.0 Å². The molecule has 2 nitrogen and oxygen atoms in total. The molecule has 0 saturated carbocycles. The van der Waals surface area contributed by atoms with Gasteiger partial charge in [-0.1, -0.05) is 13.0 Å². The van der Waals surface area contributed by atoms with Gasteiger partial charge < -0.3 is 5.32 Å². The second kappa shape index (κ2) is 7.89. The van der Waals surface area contributed by atoms with Crippen LogP contribution in [0.5, 0.6) is 0 Å². The third-order valence-electron chi connectivity index (χ3n) is 3.79. The molecule has 1 atom stereocenters. The van der Waals surface area contributed by atoms with Gasteiger partial charge in [0.25, 0.3) is 0 Å². The zero-order chi connectivity index (χ0) is 15.1. The zero-order valence-electron chi connectivity index (χ0n) is 12.8. The van der Waals surface area contributed by atoms with E-state index in [1.165, 1.54) is 11.1 Å². The molecule has 0 bridgehead atoms. The van der Waals surface area contributed by atoms with Crippen molar-refractivity contribution in [3.63, 3.8) is 0 Å². The van der Waals surface area contributed by atoms with Crippen molar-refractivity contribution in [2.45, 2.75) is 39.2 Å². The van der Waals surface area contributed by atoms with E-state index in [9.17, 15) is 4.39 Å².